The molecule has 2 aliphatic rings. The Kier molecular flexibility index (Phi) is 9.72. The van der Waals surface area contributed by atoms with Crippen molar-refractivity contribution in [2.75, 3.05) is 9.80 Å². The predicted molar refractivity (Wildman–Crippen MR) is 423 cm³/mol. The summed E-state index contributed by atoms with van der Waals surface area (Å²) in [6, 6.07) is 36.3. The number of aromatic nitrogens is 2. The van der Waals surface area contributed by atoms with E-state index >= 15 is 0 Å². The Morgan fingerprint density at radius 3 is 1.30 bits per heavy atom. The molecule has 15 aromatic rings. The molecule has 17 rings (SSSR count). The van der Waals surface area contributed by atoms with Crippen molar-refractivity contribution in [2.45, 2.75) is 85.4 Å². The Balaban J connectivity index is 1.20. The van der Waals surface area contributed by atoms with Crippen molar-refractivity contribution in [3.05, 3.63) is 312 Å². The van der Waals surface area contributed by atoms with Gasteiger partial charge in [-0.3, -0.25) is 0 Å². The van der Waals surface area contributed by atoms with Crippen LogP contribution in [-0.2, 0) is 16.2 Å². The summed E-state index contributed by atoms with van der Waals surface area (Å²) in [6.07, 6.45) is 0. The monoisotopic (exact) mass is 1310 g/mol. The molecule has 7 heteroatoms. The zero-order valence-electron chi connectivity index (χ0n) is 78.3. The number of nitriles is 1. The van der Waals surface area contributed by atoms with Crippen LogP contribution in [0.15, 0.2) is 273 Å². The first-order valence-electron chi connectivity index (χ1n) is 44.1. The van der Waals surface area contributed by atoms with Gasteiger partial charge >= 0.3 is 0 Å². The molecule has 0 saturated heterocycles. The zero-order valence-corrected chi connectivity index (χ0v) is 56.3. The number of hydrogen-bond acceptors (Lipinski definition) is 3. The molecule has 0 bridgehead atoms. The Bertz CT molecular complexity index is 7120. The molecule has 480 valence electrons. The summed E-state index contributed by atoms with van der Waals surface area (Å²) in [7, 11) is 0. The third-order valence-electron chi connectivity index (χ3n) is 19.3. The van der Waals surface area contributed by atoms with E-state index in [0.29, 0.717) is 61.4 Å². The minimum atomic E-state index is -3.60. The van der Waals surface area contributed by atoms with Crippen LogP contribution in [0.25, 0.3) is 104 Å². The van der Waals surface area contributed by atoms with Gasteiger partial charge in [-0.15, -0.1) is 0 Å². The highest BCUT2D eigenvalue weighted by atomic mass is 15.2. The lowest BCUT2D eigenvalue weighted by atomic mass is 9.32. The first-order chi connectivity index (χ1) is 57.5. The molecule has 0 unspecified atom stereocenters. The largest absolute Gasteiger partial charge is 0.310 e. The molecule has 0 aliphatic carbocycles. The van der Waals surface area contributed by atoms with Crippen LogP contribution >= 0.6 is 0 Å². The molecule has 100 heavy (non-hydrogen) atoms. The van der Waals surface area contributed by atoms with E-state index in [9.17, 15) is 32.7 Å². The molecule has 0 radical (unpaired) electrons. The second kappa shape index (κ2) is 23.1. The van der Waals surface area contributed by atoms with Crippen LogP contribution in [0.4, 0.5) is 39.8 Å². The zero-order chi connectivity index (χ0) is 87.7. The van der Waals surface area contributed by atoms with Crippen LogP contribution in [0.5, 0.6) is 0 Å². The lowest BCUT2D eigenvalue weighted by molar-refractivity contribution is 0.590. The van der Waals surface area contributed by atoms with Crippen LogP contribution in [0, 0.1) is 24.8 Å². The van der Waals surface area contributed by atoms with Gasteiger partial charge in [0.2, 0.25) is 0 Å². The van der Waals surface area contributed by atoms with Crippen molar-refractivity contribution in [3.8, 4) is 62.0 Å². The maximum atomic E-state index is 11.8. The maximum Gasteiger partial charge on any atom is 0.252 e. The van der Waals surface area contributed by atoms with Gasteiger partial charge in [-0.05, 0) is 187 Å². The van der Waals surface area contributed by atoms with Crippen LogP contribution in [0.3, 0.4) is 0 Å². The molecule has 0 saturated carbocycles. The van der Waals surface area contributed by atoms with Gasteiger partial charge < -0.3 is 18.9 Å². The SMILES string of the molecule is [2H]c1c([2H])c(-n2c3c([2H])c([2H])c([2H])c([2H])c3c3c([2H])c(C#N)c([2H])c([2H])c32)c([2H])c2c1B1c3c(cc(C(C)(C)C)cc3N(c3c(-c4ccccc4)cc(C(C)(C)C)cc3-c3ccccc3)c3c([2H])c(-n4c5c([2H])c([2H])c([2H])c([2H])c5c5c([2H])c([N+]#[C-])c([2H])c([2H])c54)c([2H])c(C([2H])([2H])[2H])c31)N2c1c(-c2ccccc2)cc(C(C)(C)C)cc1-c1ccccc1. The van der Waals surface area contributed by atoms with Crippen molar-refractivity contribution < 1.29 is 30.2 Å². The fourth-order valence-electron chi connectivity index (χ4n) is 14.4. The number of para-hydroxylation sites is 2. The predicted octanol–water partition coefficient (Wildman–Crippen LogP) is 23.3. The highest BCUT2D eigenvalue weighted by Crippen LogP contribution is 2.56. The first kappa shape index (κ1) is 42.0. The van der Waals surface area contributed by atoms with Gasteiger partial charge in [-0.2, -0.15) is 5.26 Å². The summed E-state index contributed by atoms with van der Waals surface area (Å²) in [6.45, 7) is 21.1. The lowest BCUT2D eigenvalue weighted by Gasteiger charge is -2.47. The van der Waals surface area contributed by atoms with E-state index in [-0.39, 0.29) is 39.1 Å². The quantitative estimate of drug-likeness (QED) is 0.112. The first-order valence-corrected chi connectivity index (χ1v) is 33.1. The Labute approximate surface area is 617 Å². The van der Waals surface area contributed by atoms with Crippen LogP contribution < -0.4 is 26.2 Å². The summed E-state index contributed by atoms with van der Waals surface area (Å²) >= 11 is 0. The van der Waals surface area contributed by atoms with Crippen molar-refractivity contribution in [1.82, 2.24) is 9.13 Å². The highest BCUT2D eigenvalue weighted by molar-refractivity contribution is 7.00. The number of rotatable bonds is 8. The molecule has 0 N–H and O–H groups in total. The van der Waals surface area contributed by atoms with Gasteiger partial charge in [0.25, 0.3) is 6.71 Å². The van der Waals surface area contributed by atoms with E-state index in [1.54, 1.807) is 4.90 Å². The number of fused-ring (bicyclic) bond motifs is 10. The topological polar surface area (TPSA) is 44.5 Å². The molecule has 0 spiro atoms. The highest BCUT2D eigenvalue weighted by Gasteiger charge is 2.47. The molecular formula is C93H75BN6. The smallest absolute Gasteiger partial charge is 0.252 e. The molecule has 4 heterocycles. The van der Waals surface area contributed by atoms with Gasteiger partial charge in [-0.25, -0.2) is 4.85 Å². The number of benzene rings is 13. The number of anilines is 6. The summed E-state index contributed by atoms with van der Waals surface area (Å²) in [5, 5.41) is 9.01. The molecule has 13 aromatic carbocycles. The molecule has 2 aromatic heterocycles. The van der Waals surface area contributed by atoms with E-state index in [2.05, 4.69) is 46.4 Å². The Hall–Kier alpha value is -11.9. The molecular weight excluding hydrogens is 1210 g/mol. The van der Waals surface area contributed by atoms with E-state index < -0.39 is 216 Å². The standard InChI is InChI=1S/C93H75BN6/c1-58-46-69(98-80-39-27-25-37-71(80)77-54-67(96-11)41-45-82(77)98)56-86-87(58)94-78-43-42-68(97-79-38-26-24-36-70(79)76-47-59(57-95)40-44-81(76)97)55-83(78)99(89-72(60-28-16-12-17-29-60)48-64(91(2,3)4)49-73(89)61-30-18-13-19-31-61)84-52-66(93(8,9)10)53-85(88(84)94)100(86)90-74(62-32-20-14-21-33-62)50-65(92(5,6)7)51-75(90)63-34-22-15-23-35-63/h12-56H,1-10H3/i1D3,24D,25D,26D,27D,36D,37D,38D,39D,40D,41D,42D,43D,44D,45D,46D,47D,54D,55D,56D. The number of nitrogens with zero attached hydrogens (tertiary/aromatic N) is 6. The van der Waals surface area contributed by atoms with Crippen molar-refractivity contribution in [3.63, 3.8) is 0 Å². The van der Waals surface area contributed by atoms with Gasteiger partial charge in [-0.1, -0.05) is 238 Å². The normalized spacial score (nSPS) is 16.1. The minimum absolute atomic E-state index is 0.191. The van der Waals surface area contributed by atoms with E-state index in [0.717, 1.165) is 20.3 Å². The lowest BCUT2D eigenvalue weighted by Crippen LogP contribution is -2.62. The third-order valence-corrected chi connectivity index (χ3v) is 19.3. The van der Waals surface area contributed by atoms with Gasteiger partial charge in [0.15, 0.2) is 5.69 Å². The fourth-order valence-corrected chi connectivity index (χ4v) is 14.4. The van der Waals surface area contributed by atoms with Crippen LogP contribution in [0.2, 0.25) is 0 Å². The van der Waals surface area contributed by atoms with E-state index in [4.69, 9.17) is 9.31 Å². The summed E-state index contributed by atoms with van der Waals surface area (Å²) in [4.78, 5) is 7.08. The second-order valence-corrected chi connectivity index (χ2v) is 28.6. The third kappa shape index (κ3) is 9.89. The Morgan fingerprint density at radius 1 is 0.420 bits per heavy atom. The van der Waals surface area contributed by atoms with Crippen molar-refractivity contribution in [2.24, 2.45) is 0 Å². The summed E-state index contributed by atoms with van der Waals surface area (Å²) in [5.41, 5.74) is -1.02. The molecule has 0 amide bonds. The van der Waals surface area contributed by atoms with Crippen LogP contribution in [-0.4, -0.2) is 15.8 Å². The molecule has 0 fully saturated rings. The summed E-state index contributed by atoms with van der Waals surface area (Å²) in [5.74, 6) is 0. The molecule has 6 nitrogen and oxygen atoms in total. The minimum Gasteiger partial charge on any atom is -0.310 e. The van der Waals surface area contributed by atoms with E-state index in [1.165, 1.54) is 0 Å². The fraction of sp³-hybridized carbons (Fsp3) is 0.140. The van der Waals surface area contributed by atoms with Crippen molar-refractivity contribution in [1.29, 1.82) is 5.26 Å². The van der Waals surface area contributed by atoms with Gasteiger partial charge in [0.05, 0.1) is 74.9 Å². The van der Waals surface area contributed by atoms with E-state index in [1.807, 2.05) is 189 Å². The van der Waals surface area contributed by atoms with Crippen molar-refractivity contribution >= 4 is 107 Å². The molecule has 2 aliphatic heterocycles. The van der Waals surface area contributed by atoms with Gasteiger partial charge in [0, 0.05) is 79.4 Å². The van der Waals surface area contributed by atoms with Gasteiger partial charge in [0.1, 0.15) is 0 Å². The summed E-state index contributed by atoms with van der Waals surface area (Å²) < 4.78 is 225. The second-order valence-electron chi connectivity index (χ2n) is 28.6. The Morgan fingerprint density at radius 2 is 0.840 bits per heavy atom. The number of hydrogen-bond donors (Lipinski definition) is 0. The maximum absolute atomic E-state index is 11.8. The average molecular weight is 1310 g/mol. The average Bonchev–Trinajstić information content (AvgIpc) is 1.31. The molecule has 0 atom stereocenters. The van der Waals surface area contributed by atoms with Crippen LogP contribution in [0.1, 0.15) is 120 Å².